The zero-order chi connectivity index (χ0) is 16.8. The smallest absolute Gasteiger partial charge is 0.383 e. The van der Waals surface area contributed by atoms with Crippen molar-refractivity contribution in [1.82, 2.24) is 4.98 Å². The van der Waals surface area contributed by atoms with E-state index in [1.807, 2.05) is 0 Å². The lowest BCUT2D eigenvalue weighted by Gasteiger charge is -2.32. The van der Waals surface area contributed by atoms with E-state index in [9.17, 15) is 18.3 Å². The van der Waals surface area contributed by atoms with Crippen LogP contribution in [0.25, 0.3) is 0 Å². The first-order chi connectivity index (χ1) is 10.8. The van der Waals surface area contributed by atoms with Crippen LogP contribution in [0.15, 0.2) is 41.4 Å². The van der Waals surface area contributed by atoms with Crippen molar-refractivity contribution in [2.45, 2.75) is 12.5 Å². The molecule has 0 amide bonds. The zero-order valence-corrected chi connectivity index (χ0v) is 12.2. The number of para-hydroxylation sites is 1. The van der Waals surface area contributed by atoms with Crippen molar-refractivity contribution in [2.24, 2.45) is 10.7 Å². The minimum atomic E-state index is -4.63. The molecule has 0 bridgehead atoms. The number of aliphatic hydroxyl groups is 1. The fraction of sp³-hybridized carbons (Fsp3) is 0.143. The predicted octanol–water partition coefficient (Wildman–Crippen LogP) is 2.89. The molecule has 0 saturated heterocycles. The van der Waals surface area contributed by atoms with Gasteiger partial charge in [-0.25, -0.2) is 9.98 Å². The number of benzene rings is 1. The molecule has 3 rings (SSSR count). The van der Waals surface area contributed by atoms with Crippen LogP contribution in [0.3, 0.4) is 0 Å². The molecule has 23 heavy (non-hydrogen) atoms. The van der Waals surface area contributed by atoms with Crippen molar-refractivity contribution < 1.29 is 18.3 Å². The molecular formula is C14H10ClF3N4O. The molecular weight excluding hydrogens is 333 g/mol. The first kappa shape index (κ1) is 15.6. The predicted molar refractivity (Wildman–Crippen MR) is 79.6 cm³/mol. The van der Waals surface area contributed by atoms with Gasteiger partial charge in [0.25, 0.3) is 0 Å². The average molecular weight is 343 g/mol. The van der Waals surface area contributed by atoms with Crippen LogP contribution in [0.5, 0.6) is 0 Å². The minimum Gasteiger partial charge on any atom is -0.383 e. The largest absolute Gasteiger partial charge is 0.433 e. The summed E-state index contributed by atoms with van der Waals surface area (Å²) in [4.78, 5) is 8.52. The molecule has 1 aromatic heterocycles. The van der Waals surface area contributed by atoms with Crippen LogP contribution in [0, 0.1) is 0 Å². The van der Waals surface area contributed by atoms with Gasteiger partial charge in [-0.15, -0.1) is 0 Å². The van der Waals surface area contributed by atoms with Crippen LogP contribution >= 0.6 is 11.6 Å². The Labute approximate surface area is 133 Å². The van der Waals surface area contributed by atoms with Crippen LogP contribution in [0.1, 0.15) is 11.3 Å². The van der Waals surface area contributed by atoms with Crippen LogP contribution in [0.4, 0.5) is 24.7 Å². The molecule has 5 nitrogen and oxygen atoms in total. The first-order valence-corrected chi connectivity index (χ1v) is 6.80. The van der Waals surface area contributed by atoms with Gasteiger partial charge < -0.3 is 10.8 Å². The standard InChI is InChI=1S/C14H10ClF3N4O/c15-8-3-1-2-4-9(8)22-12-7(11(19)21-13(22)23)5-6-10(20-12)14(16,17)18/h1-6,13,23H,(H2,19,21). The third kappa shape index (κ3) is 2.71. The van der Waals surface area contributed by atoms with Crippen LogP contribution in [-0.2, 0) is 6.18 Å². The van der Waals surface area contributed by atoms with E-state index in [0.717, 1.165) is 11.0 Å². The maximum absolute atomic E-state index is 12.9. The maximum Gasteiger partial charge on any atom is 0.433 e. The van der Waals surface area contributed by atoms with E-state index < -0.39 is 18.2 Å². The van der Waals surface area contributed by atoms with E-state index in [-0.39, 0.29) is 27.9 Å². The van der Waals surface area contributed by atoms with Gasteiger partial charge in [-0.05, 0) is 24.3 Å². The molecule has 0 aliphatic carbocycles. The number of fused-ring (bicyclic) bond motifs is 1. The zero-order valence-electron chi connectivity index (χ0n) is 11.4. The lowest BCUT2D eigenvalue weighted by atomic mass is 10.1. The second-order valence-corrected chi connectivity index (χ2v) is 5.15. The van der Waals surface area contributed by atoms with Gasteiger partial charge in [0.2, 0.25) is 6.35 Å². The Hall–Kier alpha value is -2.32. The summed E-state index contributed by atoms with van der Waals surface area (Å²) in [6.07, 6.45) is -6.16. The highest BCUT2D eigenvalue weighted by molar-refractivity contribution is 6.33. The summed E-state index contributed by atoms with van der Waals surface area (Å²) in [5.74, 6) is -0.259. The molecule has 2 aromatic rings. The molecule has 1 unspecified atom stereocenters. The third-order valence-corrected chi connectivity index (χ3v) is 3.59. The number of hydrogen-bond acceptors (Lipinski definition) is 5. The Morgan fingerprint density at radius 3 is 2.52 bits per heavy atom. The summed E-state index contributed by atoms with van der Waals surface area (Å²) in [6.45, 7) is 0. The van der Waals surface area contributed by atoms with Gasteiger partial charge in [-0.1, -0.05) is 23.7 Å². The number of pyridine rings is 1. The van der Waals surface area contributed by atoms with Crippen LogP contribution < -0.4 is 10.6 Å². The number of rotatable bonds is 1. The lowest BCUT2D eigenvalue weighted by molar-refractivity contribution is -0.141. The van der Waals surface area contributed by atoms with E-state index in [1.165, 1.54) is 12.1 Å². The molecule has 1 aromatic carbocycles. The molecule has 0 fully saturated rings. The van der Waals surface area contributed by atoms with Crippen molar-refractivity contribution in [3.05, 3.63) is 52.7 Å². The highest BCUT2D eigenvalue weighted by atomic mass is 35.5. The highest BCUT2D eigenvalue weighted by Gasteiger charge is 2.36. The van der Waals surface area contributed by atoms with Gasteiger partial charge >= 0.3 is 6.18 Å². The first-order valence-electron chi connectivity index (χ1n) is 6.43. The average Bonchev–Trinajstić information content (AvgIpc) is 2.47. The normalized spacial score (nSPS) is 17.7. The number of nitrogens with zero attached hydrogens (tertiary/aromatic N) is 3. The van der Waals surface area contributed by atoms with Gasteiger partial charge in [-0.3, -0.25) is 4.90 Å². The van der Waals surface area contributed by atoms with E-state index in [0.29, 0.717) is 0 Å². The van der Waals surface area contributed by atoms with Gasteiger partial charge in [-0.2, -0.15) is 13.2 Å². The summed E-state index contributed by atoms with van der Waals surface area (Å²) in [6, 6.07) is 8.33. The molecule has 0 radical (unpaired) electrons. The summed E-state index contributed by atoms with van der Waals surface area (Å²) in [5, 5.41) is 10.4. The summed E-state index contributed by atoms with van der Waals surface area (Å²) in [7, 11) is 0. The van der Waals surface area contributed by atoms with E-state index in [2.05, 4.69) is 9.98 Å². The Morgan fingerprint density at radius 1 is 1.17 bits per heavy atom. The topological polar surface area (TPSA) is 74.7 Å². The van der Waals surface area contributed by atoms with E-state index in [1.54, 1.807) is 18.2 Å². The third-order valence-electron chi connectivity index (χ3n) is 3.27. The molecule has 0 saturated carbocycles. The number of aliphatic imine (C=N–C) groups is 1. The van der Waals surface area contributed by atoms with Crippen molar-refractivity contribution in [1.29, 1.82) is 0 Å². The number of alkyl halides is 3. The molecule has 1 atom stereocenters. The Morgan fingerprint density at radius 2 is 1.87 bits per heavy atom. The Kier molecular flexibility index (Phi) is 3.65. The van der Waals surface area contributed by atoms with Gasteiger partial charge in [0.1, 0.15) is 17.3 Å². The number of aromatic nitrogens is 1. The Bertz CT molecular complexity index is 794. The fourth-order valence-electron chi connectivity index (χ4n) is 2.24. The van der Waals surface area contributed by atoms with Gasteiger partial charge in [0, 0.05) is 0 Å². The van der Waals surface area contributed by atoms with Crippen molar-refractivity contribution in [3.8, 4) is 0 Å². The monoisotopic (exact) mass is 342 g/mol. The summed E-state index contributed by atoms with van der Waals surface area (Å²) in [5.41, 5.74) is 5.03. The van der Waals surface area contributed by atoms with Crippen molar-refractivity contribution >= 4 is 28.9 Å². The highest BCUT2D eigenvalue weighted by Crippen LogP contribution is 2.38. The lowest BCUT2D eigenvalue weighted by Crippen LogP contribution is -2.38. The number of halogens is 4. The number of anilines is 2. The Balaban J connectivity index is 2.22. The number of nitrogens with two attached hydrogens (primary N) is 1. The number of hydrogen-bond donors (Lipinski definition) is 2. The molecule has 2 heterocycles. The molecule has 1 aliphatic heterocycles. The summed E-state index contributed by atoms with van der Waals surface area (Å²) < 4.78 is 38.8. The fourth-order valence-corrected chi connectivity index (χ4v) is 2.46. The molecule has 120 valence electrons. The maximum atomic E-state index is 12.9. The number of aliphatic hydroxyl groups excluding tert-OH is 1. The second kappa shape index (κ2) is 5.39. The van der Waals surface area contributed by atoms with Crippen LogP contribution in [-0.4, -0.2) is 22.3 Å². The van der Waals surface area contributed by atoms with Crippen LogP contribution in [0.2, 0.25) is 5.02 Å². The van der Waals surface area contributed by atoms with E-state index >= 15 is 0 Å². The molecule has 0 spiro atoms. The van der Waals surface area contributed by atoms with E-state index in [4.69, 9.17) is 17.3 Å². The molecule has 3 N–H and O–H groups in total. The molecule has 1 aliphatic rings. The SMILES string of the molecule is NC1=NC(O)N(c2ccccc2Cl)c2nc(C(F)(F)F)ccc21. The van der Waals surface area contributed by atoms with Gasteiger partial charge in [0.05, 0.1) is 16.3 Å². The van der Waals surface area contributed by atoms with Crippen molar-refractivity contribution in [2.75, 3.05) is 4.90 Å². The second-order valence-electron chi connectivity index (χ2n) is 4.75. The minimum absolute atomic E-state index is 0.1000. The quantitative estimate of drug-likeness (QED) is 0.835. The summed E-state index contributed by atoms with van der Waals surface area (Å²) >= 11 is 6.07. The number of amidine groups is 1. The van der Waals surface area contributed by atoms with Gasteiger partial charge in [0.15, 0.2) is 0 Å². The molecule has 9 heteroatoms. The van der Waals surface area contributed by atoms with Crippen molar-refractivity contribution in [3.63, 3.8) is 0 Å².